The Morgan fingerprint density at radius 1 is 0.727 bits per heavy atom. The lowest BCUT2D eigenvalue weighted by atomic mass is 9.99. The van der Waals surface area contributed by atoms with Gasteiger partial charge in [-0.15, -0.1) is 0 Å². The maximum Gasteiger partial charge on any atom is 0.264 e. The smallest absolute Gasteiger partial charge is 0.264 e. The molecule has 2 bridgehead atoms. The molecule has 2 heterocycles. The second kappa shape index (κ2) is 9.59. The number of para-hydroxylation sites is 2. The Morgan fingerprint density at radius 2 is 1.15 bits per heavy atom. The molecule has 0 aromatic heterocycles. The predicted molar refractivity (Wildman–Crippen MR) is 119 cm³/mol. The Labute approximate surface area is 193 Å². The van der Waals surface area contributed by atoms with Crippen LogP contribution in [0.5, 0.6) is 11.5 Å². The SMILES string of the molecule is CS(=O)(=O)OCCCc1cccc2c1OC1OC2Oc2c(CCCOS(C)(=O)=O)cccc21. The van der Waals surface area contributed by atoms with Crippen molar-refractivity contribution in [3.63, 3.8) is 0 Å². The van der Waals surface area contributed by atoms with Crippen LogP contribution in [0.25, 0.3) is 0 Å². The van der Waals surface area contributed by atoms with Crippen molar-refractivity contribution in [2.75, 3.05) is 25.7 Å². The fourth-order valence-electron chi connectivity index (χ4n) is 3.86. The summed E-state index contributed by atoms with van der Waals surface area (Å²) in [5.74, 6) is 1.35. The highest BCUT2D eigenvalue weighted by Gasteiger charge is 2.39. The van der Waals surface area contributed by atoms with Gasteiger partial charge in [-0.2, -0.15) is 16.8 Å². The van der Waals surface area contributed by atoms with Gasteiger partial charge in [0.15, 0.2) is 0 Å². The van der Waals surface area contributed by atoms with Crippen LogP contribution in [0, 0.1) is 0 Å². The molecule has 0 radical (unpaired) electrons. The zero-order valence-electron chi connectivity index (χ0n) is 18.4. The van der Waals surface area contributed by atoms with Gasteiger partial charge in [0.25, 0.3) is 20.2 Å². The first-order valence-electron chi connectivity index (χ1n) is 10.5. The Bertz CT molecular complexity index is 1130. The Morgan fingerprint density at radius 3 is 1.55 bits per heavy atom. The minimum atomic E-state index is -3.47. The summed E-state index contributed by atoms with van der Waals surface area (Å²) in [6.07, 6.45) is 2.94. The molecule has 180 valence electrons. The van der Waals surface area contributed by atoms with E-state index in [9.17, 15) is 16.8 Å². The van der Waals surface area contributed by atoms with E-state index in [1.54, 1.807) is 0 Å². The maximum atomic E-state index is 11.2. The summed E-state index contributed by atoms with van der Waals surface area (Å²) < 4.78 is 72.7. The van der Waals surface area contributed by atoms with Crippen LogP contribution >= 0.6 is 0 Å². The molecule has 0 aliphatic carbocycles. The van der Waals surface area contributed by atoms with Gasteiger partial charge in [0.1, 0.15) is 11.5 Å². The normalized spacial score (nSPS) is 19.2. The summed E-state index contributed by atoms with van der Waals surface area (Å²) in [5.41, 5.74) is 3.36. The highest BCUT2D eigenvalue weighted by atomic mass is 32.2. The van der Waals surface area contributed by atoms with E-state index in [1.165, 1.54) is 0 Å². The van der Waals surface area contributed by atoms with Gasteiger partial charge in [-0.05, 0) is 48.9 Å². The molecule has 0 saturated carbocycles. The summed E-state index contributed by atoms with van der Waals surface area (Å²) in [6.45, 7) is 0.190. The fraction of sp³-hybridized carbons (Fsp3) is 0.455. The molecule has 9 nitrogen and oxygen atoms in total. The first kappa shape index (κ1) is 24.0. The first-order chi connectivity index (χ1) is 15.6. The lowest BCUT2D eigenvalue weighted by molar-refractivity contribution is -0.228. The lowest BCUT2D eigenvalue weighted by Crippen LogP contribution is -2.31. The van der Waals surface area contributed by atoms with Crippen molar-refractivity contribution in [3.8, 4) is 11.5 Å². The average molecular weight is 499 g/mol. The van der Waals surface area contributed by atoms with Gasteiger partial charge >= 0.3 is 0 Å². The van der Waals surface area contributed by atoms with Crippen molar-refractivity contribution in [3.05, 3.63) is 58.7 Å². The summed E-state index contributed by atoms with van der Waals surface area (Å²) >= 11 is 0. The van der Waals surface area contributed by atoms with Gasteiger partial charge < -0.3 is 9.47 Å². The summed E-state index contributed by atoms with van der Waals surface area (Å²) in [4.78, 5) is 0. The average Bonchev–Trinajstić information content (AvgIpc) is 2.73. The van der Waals surface area contributed by atoms with Crippen molar-refractivity contribution in [2.24, 2.45) is 0 Å². The highest BCUT2D eigenvalue weighted by molar-refractivity contribution is 7.86. The molecule has 2 aliphatic rings. The molecule has 0 amide bonds. The molecule has 2 atom stereocenters. The molecule has 0 N–H and O–H groups in total. The minimum Gasteiger partial charge on any atom is -0.459 e. The van der Waals surface area contributed by atoms with Gasteiger partial charge in [0, 0.05) is 0 Å². The van der Waals surface area contributed by atoms with Crippen LogP contribution in [0.3, 0.4) is 0 Å². The van der Waals surface area contributed by atoms with Crippen molar-refractivity contribution in [1.29, 1.82) is 0 Å². The zero-order chi connectivity index (χ0) is 23.6. The number of benzene rings is 2. The van der Waals surface area contributed by atoms with Crippen LogP contribution in [0.2, 0.25) is 0 Å². The van der Waals surface area contributed by atoms with E-state index in [-0.39, 0.29) is 13.2 Å². The fourth-order valence-corrected chi connectivity index (χ4v) is 4.70. The molecule has 2 aromatic rings. The molecule has 2 aromatic carbocycles. The third-order valence-corrected chi connectivity index (χ3v) is 6.42. The molecule has 0 fully saturated rings. The second-order valence-corrected chi connectivity index (χ2v) is 11.3. The van der Waals surface area contributed by atoms with E-state index in [1.807, 2.05) is 36.4 Å². The van der Waals surface area contributed by atoms with E-state index in [4.69, 9.17) is 22.6 Å². The van der Waals surface area contributed by atoms with E-state index >= 15 is 0 Å². The van der Waals surface area contributed by atoms with E-state index in [2.05, 4.69) is 0 Å². The number of fused-ring (bicyclic) bond motifs is 6. The Hall–Kier alpha value is -2.18. The van der Waals surface area contributed by atoms with Gasteiger partial charge in [0.2, 0.25) is 12.6 Å². The standard InChI is InChI=1S/C22H26O9S2/c1-32(23,24)27-13-5-9-15-7-3-11-17-19(15)29-22-18-12-4-8-16(20(18)30-21(17)31-22)10-6-14-28-33(2,25)26/h3-4,7-8,11-12,21-22H,5-6,9-10,13-14H2,1-2H3. The molecule has 11 heteroatoms. The lowest BCUT2D eigenvalue weighted by Gasteiger charge is -2.39. The molecule has 2 unspecified atom stereocenters. The minimum absolute atomic E-state index is 0.0948. The quantitative estimate of drug-likeness (QED) is 0.360. The number of hydrogen-bond donors (Lipinski definition) is 0. The Kier molecular flexibility index (Phi) is 6.96. The predicted octanol–water partition coefficient (Wildman–Crippen LogP) is 3.00. The van der Waals surface area contributed by atoms with Gasteiger partial charge in [-0.1, -0.05) is 24.3 Å². The van der Waals surface area contributed by atoms with Crippen LogP contribution in [-0.2, 0) is 46.2 Å². The molecule has 4 rings (SSSR count). The third kappa shape index (κ3) is 6.04. The van der Waals surface area contributed by atoms with Crippen LogP contribution in [-0.4, -0.2) is 42.6 Å². The Balaban J connectivity index is 1.49. The summed E-state index contributed by atoms with van der Waals surface area (Å²) in [5, 5.41) is 0. The van der Waals surface area contributed by atoms with Crippen molar-refractivity contribution in [1.82, 2.24) is 0 Å². The van der Waals surface area contributed by atoms with Crippen LogP contribution in [0.15, 0.2) is 36.4 Å². The van der Waals surface area contributed by atoms with E-state index < -0.39 is 32.8 Å². The number of ether oxygens (including phenoxy) is 3. The van der Waals surface area contributed by atoms with Crippen molar-refractivity contribution < 1.29 is 39.4 Å². The second-order valence-electron chi connectivity index (χ2n) is 7.97. The topological polar surface area (TPSA) is 114 Å². The largest absolute Gasteiger partial charge is 0.459 e. The van der Waals surface area contributed by atoms with Gasteiger partial charge in [-0.3, -0.25) is 13.1 Å². The number of aryl methyl sites for hydroxylation is 2. The number of rotatable bonds is 10. The monoisotopic (exact) mass is 498 g/mol. The van der Waals surface area contributed by atoms with Crippen molar-refractivity contribution in [2.45, 2.75) is 38.3 Å². The van der Waals surface area contributed by atoms with E-state index in [0.29, 0.717) is 37.2 Å². The molecular weight excluding hydrogens is 472 g/mol. The molecule has 33 heavy (non-hydrogen) atoms. The third-order valence-electron chi connectivity index (χ3n) is 5.23. The van der Waals surface area contributed by atoms with Crippen LogP contribution in [0.4, 0.5) is 0 Å². The van der Waals surface area contributed by atoms with Gasteiger partial charge in [0.05, 0.1) is 36.9 Å². The van der Waals surface area contributed by atoms with Gasteiger partial charge in [-0.25, -0.2) is 0 Å². The van der Waals surface area contributed by atoms with Crippen LogP contribution < -0.4 is 9.47 Å². The maximum absolute atomic E-state index is 11.2. The van der Waals surface area contributed by atoms with Crippen LogP contribution in [0.1, 0.15) is 47.7 Å². The molecule has 0 spiro atoms. The molecular formula is C22H26O9S2. The highest BCUT2D eigenvalue weighted by Crippen LogP contribution is 2.49. The first-order valence-corrected chi connectivity index (χ1v) is 14.2. The molecule has 2 aliphatic heterocycles. The molecule has 0 saturated heterocycles. The zero-order valence-corrected chi connectivity index (χ0v) is 20.0. The van der Waals surface area contributed by atoms with E-state index in [0.717, 1.165) is 34.8 Å². The summed E-state index contributed by atoms with van der Waals surface area (Å²) in [7, 11) is -6.94. The summed E-state index contributed by atoms with van der Waals surface area (Å²) in [6, 6.07) is 11.4. The van der Waals surface area contributed by atoms with Crippen molar-refractivity contribution >= 4 is 20.2 Å². The number of hydrogen-bond acceptors (Lipinski definition) is 9.